The quantitative estimate of drug-likeness (QED) is 0.325. The monoisotopic (exact) mass is 439 g/mol. The molecular formula is C27H29N5O. The molecule has 2 N–H and O–H groups in total. The van der Waals surface area contributed by atoms with Crippen LogP contribution in [0.5, 0.6) is 5.75 Å². The molecule has 0 unspecified atom stereocenters. The molecule has 1 aromatic heterocycles. The van der Waals surface area contributed by atoms with Gasteiger partial charge in [0.25, 0.3) is 0 Å². The van der Waals surface area contributed by atoms with Crippen molar-refractivity contribution in [1.29, 1.82) is 0 Å². The number of rotatable bonds is 9. The Morgan fingerprint density at radius 3 is 2.00 bits per heavy atom. The van der Waals surface area contributed by atoms with E-state index in [1.165, 1.54) is 16.7 Å². The normalized spacial score (nSPS) is 10.6. The van der Waals surface area contributed by atoms with Gasteiger partial charge in [-0.15, -0.1) is 0 Å². The van der Waals surface area contributed by atoms with Crippen molar-refractivity contribution in [3.05, 3.63) is 95.3 Å². The van der Waals surface area contributed by atoms with Crippen LogP contribution < -0.4 is 15.4 Å². The third-order valence-electron chi connectivity index (χ3n) is 5.23. The topological polar surface area (TPSA) is 72.0 Å². The summed E-state index contributed by atoms with van der Waals surface area (Å²) in [5.74, 6) is 2.54. The van der Waals surface area contributed by atoms with Crippen LogP contribution in [0.1, 0.15) is 28.9 Å². The number of aryl methyl sites for hydroxylation is 4. The molecule has 0 aliphatic rings. The second kappa shape index (κ2) is 10.6. The maximum absolute atomic E-state index is 5.33. The molecule has 6 nitrogen and oxygen atoms in total. The molecule has 0 saturated carbocycles. The van der Waals surface area contributed by atoms with Gasteiger partial charge in [-0.3, -0.25) is 0 Å². The predicted molar refractivity (Wildman–Crippen MR) is 134 cm³/mol. The zero-order chi connectivity index (χ0) is 23.0. The van der Waals surface area contributed by atoms with Gasteiger partial charge >= 0.3 is 0 Å². The van der Waals surface area contributed by atoms with Crippen molar-refractivity contribution in [2.45, 2.75) is 33.1 Å². The van der Waals surface area contributed by atoms with Crippen molar-refractivity contribution in [2.75, 3.05) is 17.7 Å². The lowest BCUT2D eigenvalue weighted by Crippen LogP contribution is -2.08. The molecule has 0 amide bonds. The Balaban J connectivity index is 1.54. The number of nitrogens with one attached hydrogen (secondary N) is 2. The van der Waals surface area contributed by atoms with Gasteiger partial charge in [0.1, 0.15) is 11.6 Å². The smallest absolute Gasteiger partial charge is 0.232 e. The highest BCUT2D eigenvalue weighted by atomic mass is 16.5. The molecule has 0 saturated heterocycles. The van der Waals surface area contributed by atoms with Gasteiger partial charge in [-0.1, -0.05) is 48.0 Å². The van der Waals surface area contributed by atoms with Crippen LogP contribution in [-0.4, -0.2) is 22.1 Å². The van der Waals surface area contributed by atoms with Crippen LogP contribution in [0.25, 0.3) is 0 Å². The number of ether oxygens (including phenoxy) is 1. The first kappa shape index (κ1) is 22.3. The summed E-state index contributed by atoms with van der Waals surface area (Å²) in [7, 11) is 1.65. The molecule has 33 heavy (non-hydrogen) atoms. The summed E-state index contributed by atoms with van der Waals surface area (Å²) >= 11 is 0. The molecule has 0 fully saturated rings. The third kappa shape index (κ3) is 6.53. The van der Waals surface area contributed by atoms with Crippen molar-refractivity contribution in [3.63, 3.8) is 0 Å². The Bertz CT molecular complexity index is 1220. The zero-order valence-electron chi connectivity index (χ0n) is 19.3. The second-order valence-corrected chi connectivity index (χ2v) is 8.09. The molecule has 4 aromatic rings. The third-order valence-corrected chi connectivity index (χ3v) is 5.23. The number of benzene rings is 3. The number of hydrogen-bond acceptors (Lipinski definition) is 6. The zero-order valence-corrected chi connectivity index (χ0v) is 19.3. The molecule has 0 aliphatic carbocycles. The minimum absolute atomic E-state index is 0.499. The number of methoxy groups -OCH3 is 1. The summed E-state index contributed by atoms with van der Waals surface area (Å²) in [6, 6.07) is 24.5. The van der Waals surface area contributed by atoms with E-state index in [4.69, 9.17) is 4.74 Å². The Labute approximate surface area is 195 Å². The molecule has 0 bridgehead atoms. The minimum atomic E-state index is 0.499. The van der Waals surface area contributed by atoms with E-state index in [9.17, 15) is 0 Å². The summed E-state index contributed by atoms with van der Waals surface area (Å²) in [6.07, 6.45) is 2.69. The number of aromatic nitrogens is 3. The fraction of sp³-hybridized carbons (Fsp3) is 0.222. The maximum atomic E-state index is 5.33. The maximum Gasteiger partial charge on any atom is 0.232 e. The second-order valence-electron chi connectivity index (χ2n) is 8.09. The fourth-order valence-corrected chi connectivity index (χ4v) is 3.64. The lowest BCUT2D eigenvalue weighted by Gasteiger charge is -2.11. The number of hydrogen-bond donors (Lipinski definition) is 2. The van der Waals surface area contributed by atoms with Crippen molar-refractivity contribution in [1.82, 2.24) is 15.0 Å². The van der Waals surface area contributed by atoms with E-state index in [1.807, 2.05) is 36.4 Å². The SMILES string of the molecule is COc1cccc(Nc2nc(CCCc3cccc(C)c3)nc(Nc3cccc(C)c3)n2)c1. The molecule has 1 heterocycles. The lowest BCUT2D eigenvalue weighted by atomic mass is 10.1. The van der Waals surface area contributed by atoms with Crippen LogP contribution in [0.3, 0.4) is 0 Å². The Morgan fingerprint density at radius 2 is 1.33 bits per heavy atom. The number of nitrogens with zero attached hydrogens (tertiary/aromatic N) is 3. The van der Waals surface area contributed by atoms with Gasteiger partial charge in [0.05, 0.1) is 7.11 Å². The Morgan fingerprint density at radius 1 is 0.697 bits per heavy atom. The van der Waals surface area contributed by atoms with E-state index in [-0.39, 0.29) is 0 Å². The van der Waals surface area contributed by atoms with Crippen LogP contribution in [-0.2, 0) is 12.8 Å². The van der Waals surface area contributed by atoms with Crippen LogP contribution in [0.2, 0.25) is 0 Å². The summed E-state index contributed by atoms with van der Waals surface area (Å²) in [5.41, 5.74) is 5.58. The summed E-state index contributed by atoms with van der Waals surface area (Å²) in [5, 5.41) is 6.61. The van der Waals surface area contributed by atoms with E-state index < -0.39 is 0 Å². The Hall–Kier alpha value is -3.93. The average Bonchev–Trinajstić information content (AvgIpc) is 2.79. The van der Waals surface area contributed by atoms with Gasteiger partial charge in [0, 0.05) is 23.9 Å². The molecular weight excluding hydrogens is 410 g/mol. The van der Waals surface area contributed by atoms with Crippen LogP contribution >= 0.6 is 0 Å². The lowest BCUT2D eigenvalue weighted by molar-refractivity contribution is 0.415. The summed E-state index contributed by atoms with van der Waals surface area (Å²) in [6.45, 7) is 4.18. The highest BCUT2D eigenvalue weighted by Crippen LogP contribution is 2.21. The first-order valence-corrected chi connectivity index (χ1v) is 11.1. The molecule has 168 valence electrons. The van der Waals surface area contributed by atoms with Crippen LogP contribution in [0, 0.1) is 13.8 Å². The molecule has 4 rings (SSSR count). The molecule has 0 radical (unpaired) electrons. The van der Waals surface area contributed by atoms with E-state index in [0.717, 1.165) is 42.2 Å². The van der Waals surface area contributed by atoms with Crippen molar-refractivity contribution in [2.24, 2.45) is 0 Å². The van der Waals surface area contributed by atoms with Crippen LogP contribution in [0.15, 0.2) is 72.8 Å². The summed E-state index contributed by atoms with van der Waals surface area (Å²) in [4.78, 5) is 14.0. The standard InChI is InChI=1S/C27H29N5O/c1-19-8-4-10-21(16-19)11-6-15-25-30-26(28-22-12-5-9-20(2)17-22)32-27(31-25)29-23-13-7-14-24(18-23)33-3/h4-5,7-10,12-14,16-18H,6,11,15H2,1-3H3,(H2,28,29,30,31,32). The number of anilines is 4. The average molecular weight is 440 g/mol. The van der Waals surface area contributed by atoms with Crippen molar-refractivity contribution < 1.29 is 4.74 Å². The van der Waals surface area contributed by atoms with E-state index >= 15 is 0 Å². The molecule has 0 atom stereocenters. The Kier molecular flexibility index (Phi) is 7.15. The molecule has 6 heteroatoms. The first-order valence-electron chi connectivity index (χ1n) is 11.1. The minimum Gasteiger partial charge on any atom is -0.497 e. The van der Waals surface area contributed by atoms with Gasteiger partial charge < -0.3 is 15.4 Å². The van der Waals surface area contributed by atoms with Crippen LogP contribution in [0.4, 0.5) is 23.3 Å². The molecule has 0 aliphatic heterocycles. The molecule has 3 aromatic carbocycles. The van der Waals surface area contributed by atoms with Gasteiger partial charge in [0.2, 0.25) is 11.9 Å². The highest BCUT2D eigenvalue weighted by Gasteiger charge is 2.09. The highest BCUT2D eigenvalue weighted by molar-refractivity contribution is 5.59. The van der Waals surface area contributed by atoms with E-state index in [2.05, 4.69) is 75.8 Å². The van der Waals surface area contributed by atoms with Gasteiger partial charge in [-0.05, 0) is 62.1 Å². The largest absolute Gasteiger partial charge is 0.497 e. The van der Waals surface area contributed by atoms with Crippen molar-refractivity contribution >= 4 is 23.3 Å². The molecule has 0 spiro atoms. The first-order chi connectivity index (χ1) is 16.1. The van der Waals surface area contributed by atoms with E-state index in [0.29, 0.717) is 11.9 Å². The van der Waals surface area contributed by atoms with Gasteiger partial charge in [-0.25, -0.2) is 0 Å². The van der Waals surface area contributed by atoms with Gasteiger partial charge in [0.15, 0.2) is 0 Å². The van der Waals surface area contributed by atoms with Crippen molar-refractivity contribution in [3.8, 4) is 5.75 Å². The predicted octanol–water partition coefficient (Wildman–Crippen LogP) is 6.16. The fourth-order valence-electron chi connectivity index (χ4n) is 3.64. The van der Waals surface area contributed by atoms with E-state index in [1.54, 1.807) is 7.11 Å². The van der Waals surface area contributed by atoms with Gasteiger partial charge in [-0.2, -0.15) is 15.0 Å². The summed E-state index contributed by atoms with van der Waals surface area (Å²) < 4.78 is 5.33.